The van der Waals surface area contributed by atoms with E-state index >= 15 is 0 Å². The molecule has 2 nitrogen and oxygen atoms in total. The second kappa shape index (κ2) is 4.53. The molecule has 0 aliphatic heterocycles. The molecule has 0 saturated heterocycles. The summed E-state index contributed by atoms with van der Waals surface area (Å²) in [7, 11) is 1.46. The number of aliphatic hydroxyl groups is 1. The first-order chi connectivity index (χ1) is 6.92. The summed E-state index contributed by atoms with van der Waals surface area (Å²) < 4.78 is 40.7. The van der Waals surface area contributed by atoms with Crippen molar-refractivity contribution in [2.75, 3.05) is 7.11 Å². The second-order valence-electron chi connectivity index (χ2n) is 3.11. The van der Waals surface area contributed by atoms with Crippen LogP contribution in [0.2, 0.25) is 0 Å². The molecular formula is C10H11F3O2. The summed E-state index contributed by atoms with van der Waals surface area (Å²) in [5.41, 5.74) is 0.230. The number of rotatable bonds is 3. The zero-order valence-electron chi connectivity index (χ0n) is 8.08. The van der Waals surface area contributed by atoms with Gasteiger partial charge in [0.05, 0.1) is 19.6 Å². The fraction of sp³-hybridized carbons (Fsp3) is 0.400. The molecule has 1 N–H and O–H groups in total. The summed E-state index contributed by atoms with van der Waals surface area (Å²) in [6.45, 7) is 0. The van der Waals surface area contributed by atoms with Gasteiger partial charge in [-0.15, -0.1) is 0 Å². The highest BCUT2D eigenvalue weighted by atomic mass is 19.4. The summed E-state index contributed by atoms with van der Waals surface area (Å²) in [5, 5.41) is 9.26. The van der Waals surface area contributed by atoms with Gasteiger partial charge in [-0.1, -0.05) is 12.1 Å². The Labute approximate surface area is 85.3 Å². The lowest BCUT2D eigenvalue weighted by Gasteiger charge is -2.13. The van der Waals surface area contributed by atoms with Crippen LogP contribution in [0.1, 0.15) is 18.1 Å². The Bertz CT molecular complexity index is 305. The molecule has 0 spiro atoms. The fourth-order valence-electron chi connectivity index (χ4n) is 1.16. The molecule has 0 saturated carbocycles. The topological polar surface area (TPSA) is 29.5 Å². The number of halogens is 3. The summed E-state index contributed by atoms with van der Waals surface area (Å²) >= 11 is 0. The van der Waals surface area contributed by atoms with E-state index in [4.69, 9.17) is 4.74 Å². The quantitative estimate of drug-likeness (QED) is 0.848. The lowest BCUT2D eigenvalue weighted by Crippen LogP contribution is -2.13. The monoisotopic (exact) mass is 220 g/mol. The van der Waals surface area contributed by atoms with Crippen LogP contribution < -0.4 is 4.74 Å². The molecule has 0 unspecified atom stereocenters. The predicted molar refractivity (Wildman–Crippen MR) is 48.6 cm³/mol. The van der Waals surface area contributed by atoms with Crippen molar-refractivity contribution in [1.29, 1.82) is 0 Å². The van der Waals surface area contributed by atoms with E-state index < -0.39 is 18.7 Å². The third-order valence-electron chi connectivity index (χ3n) is 1.93. The van der Waals surface area contributed by atoms with Crippen LogP contribution in [0.5, 0.6) is 5.75 Å². The van der Waals surface area contributed by atoms with Crippen LogP contribution in [0.4, 0.5) is 13.2 Å². The first-order valence-corrected chi connectivity index (χ1v) is 4.31. The van der Waals surface area contributed by atoms with Crippen molar-refractivity contribution in [3.8, 4) is 5.75 Å². The van der Waals surface area contributed by atoms with Gasteiger partial charge in [0, 0.05) is 0 Å². The molecule has 0 heterocycles. The molecule has 0 bridgehead atoms. The van der Waals surface area contributed by atoms with E-state index in [2.05, 4.69) is 0 Å². The predicted octanol–water partition coefficient (Wildman–Crippen LogP) is 2.68. The Morgan fingerprint density at radius 2 is 1.80 bits per heavy atom. The summed E-state index contributed by atoms with van der Waals surface area (Å²) in [6, 6.07) is 5.84. The van der Waals surface area contributed by atoms with E-state index in [0.29, 0.717) is 5.75 Å². The molecular weight excluding hydrogens is 209 g/mol. The van der Waals surface area contributed by atoms with Crippen molar-refractivity contribution in [3.63, 3.8) is 0 Å². The maximum Gasteiger partial charge on any atom is 0.391 e. The lowest BCUT2D eigenvalue weighted by molar-refractivity contribution is -0.154. The van der Waals surface area contributed by atoms with E-state index in [-0.39, 0.29) is 5.56 Å². The van der Waals surface area contributed by atoms with Crippen LogP contribution >= 0.6 is 0 Å². The van der Waals surface area contributed by atoms with E-state index in [1.165, 1.54) is 31.4 Å². The molecule has 1 atom stereocenters. The number of aliphatic hydroxyl groups excluding tert-OH is 1. The van der Waals surface area contributed by atoms with Crippen molar-refractivity contribution in [2.24, 2.45) is 0 Å². The van der Waals surface area contributed by atoms with Gasteiger partial charge in [0.25, 0.3) is 0 Å². The SMILES string of the molecule is COc1ccc([C@@H](O)CC(F)(F)F)cc1. The summed E-state index contributed by atoms with van der Waals surface area (Å²) in [5.74, 6) is 0.540. The van der Waals surface area contributed by atoms with Crippen LogP contribution in [0.3, 0.4) is 0 Å². The second-order valence-corrected chi connectivity index (χ2v) is 3.11. The summed E-state index contributed by atoms with van der Waals surface area (Å²) in [4.78, 5) is 0. The molecule has 5 heteroatoms. The highest BCUT2D eigenvalue weighted by Crippen LogP contribution is 2.29. The number of methoxy groups -OCH3 is 1. The zero-order valence-corrected chi connectivity index (χ0v) is 8.08. The maximum absolute atomic E-state index is 12.0. The first-order valence-electron chi connectivity index (χ1n) is 4.31. The van der Waals surface area contributed by atoms with Crippen molar-refractivity contribution in [2.45, 2.75) is 18.7 Å². The zero-order chi connectivity index (χ0) is 11.5. The normalized spacial score (nSPS) is 13.7. The highest BCUT2D eigenvalue weighted by molar-refractivity contribution is 5.28. The third kappa shape index (κ3) is 3.79. The standard InChI is InChI=1S/C10H11F3O2/c1-15-8-4-2-7(3-5-8)9(14)6-10(11,12)13/h2-5,9,14H,6H2,1H3/t9-/m0/s1. The molecule has 84 valence electrons. The van der Waals surface area contributed by atoms with E-state index in [1.807, 2.05) is 0 Å². The molecule has 1 rings (SSSR count). The number of alkyl halides is 3. The number of ether oxygens (including phenoxy) is 1. The van der Waals surface area contributed by atoms with Gasteiger partial charge in [-0.2, -0.15) is 13.2 Å². The minimum atomic E-state index is -4.36. The Kier molecular flexibility index (Phi) is 3.57. The molecule has 0 aliphatic carbocycles. The first kappa shape index (κ1) is 11.8. The molecule has 0 aromatic heterocycles. The van der Waals surface area contributed by atoms with E-state index in [0.717, 1.165) is 0 Å². The summed E-state index contributed by atoms with van der Waals surface area (Å²) in [6.07, 6.45) is -7.12. The van der Waals surface area contributed by atoms with E-state index in [9.17, 15) is 18.3 Å². The van der Waals surface area contributed by atoms with Crippen LogP contribution in [0.25, 0.3) is 0 Å². The molecule has 1 aromatic carbocycles. The van der Waals surface area contributed by atoms with Crippen molar-refractivity contribution in [3.05, 3.63) is 29.8 Å². The lowest BCUT2D eigenvalue weighted by atomic mass is 10.1. The van der Waals surface area contributed by atoms with Gasteiger partial charge in [-0.25, -0.2) is 0 Å². The Balaban J connectivity index is 2.70. The Morgan fingerprint density at radius 1 is 1.27 bits per heavy atom. The smallest absolute Gasteiger partial charge is 0.391 e. The number of hydrogen-bond acceptors (Lipinski definition) is 2. The Hall–Kier alpha value is -1.23. The number of benzene rings is 1. The third-order valence-corrected chi connectivity index (χ3v) is 1.93. The molecule has 0 fully saturated rings. The van der Waals surface area contributed by atoms with Crippen LogP contribution in [-0.4, -0.2) is 18.4 Å². The van der Waals surface area contributed by atoms with Crippen molar-refractivity contribution >= 4 is 0 Å². The van der Waals surface area contributed by atoms with Gasteiger partial charge >= 0.3 is 6.18 Å². The Morgan fingerprint density at radius 3 is 2.20 bits per heavy atom. The number of hydrogen-bond donors (Lipinski definition) is 1. The van der Waals surface area contributed by atoms with Crippen LogP contribution in [-0.2, 0) is 0 Å². The van der Waals surface area contributed by atoms with Gasteiger partial charge in [0.1, 0.15) is 5.75 Å². The van der Waals surface area contributed by atoms with E-state index in [1.54, 1.807) is 0 Å². The molecule has 15 heavy (non-hydrogen) atoms. The van der Waals surface area contributed by atoms with Gasteiger partial charge in [0.2, 0.25) is 0 Å². The minimum Gasteiger partial charge on any atom is -0.497 e. The molecule has 0 radical (unpaired) electrons. The highest BCUT2D eigenvalue weighted by Gasteiger charge is 2.31. The van der Waals surface area contributed by atoms with Gasteiger partial charge < -0.3 is 9.84 Å². The van der Waals surface area contributed by atoms with Gasteiger partial charge in [0.15, 0.2) is 0 Å². The fourth-order valence-corrected chi connectivity index (χ4v) is 1.16. The largest absolute Gasteiger partial charge is 0.497 e. The molecule has 0 amide bonds. The van der Waals surface area contributed by atoms with Crippen molar-refractivity contribution < 1.29 is 23.0 Å². The van der Waals surface area contributed by atoms with Crippen LogP contribution in [0, 0.1) is 0 Å². The van der Waals surface area contributed by atoms with Crippen LogP contribution in [0.15, 0.2) is 24.3 Å². The van der Waals surface area contributed by atoms with Crippen molar-refractivity contribution in [1.82, 2.24) is 0 Å². The minimum absolute atomic E-state index is 0.230. The van der Waals surface area contributed by atoms with Gasteiger partial charge in [-0.3, -0.25) is 0 Å². The van der Waals surface area contributed by atoms with Gasteiger partial charge in [-0.05, 0) is 17.7 Å². The average Bonchev–Trinajstić information content (AvgIpc) is 2.15. The molecule has 0 aliphatic rings. The maximum atomic E-state index is 12.0. The molecule has 1 aromatic rings. The average molecular weight is 220 g/mol.